The van der Waals surface area contributed by atoms with Crippen LogP contribution in [0.15, 0.2) is 109 Å². The van der Waals surface area contributed by atoms with Gasteiger partial charge in [-0.05, 0) is 79.9 Å². The van der Waals surface area contributed by atoms with Gasteiger partial charge in [-0.2, -0.15) is 0 Å². The highest BCUT2D eigenvalue weighted by atomic mass is 16.5. The first-order valence-electron chi connectivity index (χ1n) is 18.3. The van der Waals surface area contributed by atoms with Crippen LogP contribution in [0.25, 0.3) is 38.6 Å². The van der Waals surface area contributed by atoms with Gasteiger partial charge in [-0.3, -0.25) is 0 Å². The number of nitrogens with zero attached hydrogens (tertiary/aromatic N) is 1. The van der Waals surface area contributed by atoms with Gasteiger partial charge in [0.15, 0.2) is 0 Å². The molecule has 0 saturated carbocycles. The summed E-state index contributed by atoms with van der Waals surface area (Å²) < 4.78 is 16.8. The molecule has 0 radical (unpaired) electrons. The maximum absolute atomic E-state index is 7.43. The van der Waals surface area contributed by atoms with E-state index in [4.69, 9.17) is 9.47 Å². The molecule has 0 amide bonds. The lowest BCUT2D eigenvalue weighted by Crippen LogP contribution is -2.58. The van der Waals surface area contributed by atoms with Crippen molar-refractivity contribution in [2.24, 2.45) is 0 Å². The monoisotopic (exact) mass is 663 g/mol. The average Bonchev–Trinajstić information content (AvgIpc) is 3.55. The molecular formula is C47H42BNO2. The molecule has 2 aliphatic heterocycles. The Balaban J connectivity index is 1.40. The molecule has 3 heterocycles. The number of benzene rings is 6. The average molecular weight is 664 g/mol. The van der Waals surface area contributed by atoms with E-state index in [-0.39, 0.29) is 23.0 Å². The Morgan fingerprint density at radius 1 is 0.569 bits per heavy atom. The molecule has 0 unspecified atom stereocenters. The lowest BCUT2D eigenvalue weighted by molar-refractivity contribution is 0.457. The standard InChI is InChI=1S/C47H42BNO2/c1-45(2,3)27-21-22-38-34(23-27)48-35-26-33-41(31-17-9-12-18-32(31)47(33,7)8)43(49-36-19-13-10-15-29(36)30-16-11-14-20-37(30)49)44(35)51-40-25-28(46(4,5)6)24-39(50-38)42(40)48/h9-26H,1-8H3. The van der Waals surface area contributed by atoms with E-state index in [1.54, 1.807) is 0 Å². The van der Waals surface area contributed by atoms with Crippen molar-refractivity contribution in [2.75, 3.05) is 0 Å². The van der Waals surface area contributed by atoms with Gasteiger partial charge in [0.2, 0.25) is 0 Å². The van der Waals surface area contributed by atoms with Crippen LogP contribution in [-0.2, 0) is 16.2 Å². The second-order valence-electron chi connectivity index (χ2n) is 17.4. The second-order valence-corrected chi connectivity index (χ2v) is 17.4. The third kappa shape index (κ3) is 4.14. The van der Waals surface area contributed by atoms with E-state index in [9.17, 15) is 0 Å². The predicted octanol–water partition coefficient (Wildman–Crippen LogP) is 10.4. The maximum atomic E-state index is 7.43. The van der Waals surface area contributed by atoms with Gasteiger partial charge in [0.05, 0.1) is 16.7 Å². The zero-order valence-electron chi connectivity index (χ0n) is 30.7. The topological polar surface area (TPSA) is 23.4 Å². The Kier molecular flexibility index (Phi) is 5.98. The zero-order valence-corrected chi connectivity index (χ0v) is 30.7. The highest BCUT2D eigenvalue weighted by molar-refractivity contribution is 6.98. The lowest BCUT2D eigenvalue weighted by atomic mass is 9.34. The van der Waals surface area contributed by atoms with Crippen molar-refractivity contribution < 1.29 is 9.47 Å². The molecule has 10 rings (SSSR count). The highest BCUT2D eigenvalue weighted by Gasteiger charge is 2.47. The minimum atomic E-state index is -0.213. The summed E-state index contributed by atoms with van der Waals surface area (Å²) in [6, 6.07) is 40.5. The number of hydrogen-bond donors (Lipinski definition) is 0. The van der Waals surface area contributed by atoms with Crippen molar-refractivity contribution in [3.8, 4) is 39.8 Å². The summed E-state index contributed by atoms with van der Waals surface area (Å²) in [5, 5.41) is 2.48. The summed E-state index contributed by atoms with van der Waals surface area (Å²) in [6.45, 7) is 18.4. The van der Waals surface area contributed by atoms with Crippen molar-refractivity contribution in [2.45, 2.75) is 71.6 Å². The zero-order chi connectivity index (χ0) is 35.2. The second kappa shape index (κ2) is 9.97. The molecular weight excluding hydrogens is 621 g/mol. The number of fused-ring (bicyclic) bond motifs is 10. The van der Waals surface area contributed by atoms with Crippen LogP contribution in [0.5, 0.6) is 23.0 Å². The van der Waals surface area contributed by atoms with Crippen molar-refractivity contribution >= 4 is 44.9 Å². The summed E-state index contributed by atoms with van der Waals surface area (Å²) >= 11 is 0. The van der Waals surface area contributed by atoms with Crippen LogP contribution in [0, 0.1) is 0 Å². The van der Waals surface area contributed by atoms with Crippen molar-refractivity contribution in [1.29, 1.82) is 0 Å². The quantitative estimate of drug-likeness (QED) is 0.163. The molecule has 0 atom stereocenters. The molecule has 250 valence electrons. The van der Waals surface area contributed by atoms with E-state index in [0.717, 1.165) is 34.1 Å². The Morgan fingerprint density at radius 2 is 1.18 bits per heavy atom. The Bertz CT molecular complexity index is 2590. The number of hydrogen-bond acceptors (Lipinski definition) is 2. The smallest absolute Gasteiger partial charge is 0.260 e. The van der Waals surface area contributed by atoms with Gasteiger partial charge in [-0.25, -0.2) is 0 Å². The molecule has 0 bridgehead atoms. The molecule has 6 aromatic carbocycles. The van der Waals surface area contributed by atoms with Crippen LogP contribution in [-0.4, -0.2) is 11.3 Å². The van der Waals surface area contributed by atoms with E-state index >= 15 is 0 Å². The summed E-state index contributed by atoms with van der Waals surface area (Å²) in [5.74, 6) is 3.63. The molecule has 3 nitrogen and oxygen atoms in total. The summed E-state index contributed by atoms with van der Waals surface area (Å²) in [7, 11) is 0. The first-order chi connectivity index (χ1) is 24.3. The third-order valence-electron chi connectivity index (χ3n) is 11.8. The SMILES string of the molecule is CC(C)(C)c1cc2c3c(c1)Oc1c(cc4c(c1-n1c5ccccc5c5ccccc51)-c1ccccc1C4(C)C)B3c1cc(C(C)(C)C)ccc1O2. The molecule has 0 saturated heterocycles. The summed E-state index contributed by atoms with van der Waals surface area (Å²) in [4.78, 5) is 0. The maximum Gasteiger partial charge on any atom is 0.260 e. The Morgan fingerprint density at radius 3 is 1.84 bits per heavy atom. The van der Waals surface area contributed by atoms with Gasteiger partial charge in [-0.1, -0.05) is 134 Å². The number of aromatic nitrogens is 1. The Hall–Kier alpha value is -5.22. The summed E-state index contributed by atoms with van der Waals surface area (Å²) in [6.07, 6.45) is 0. The molecule has 0 spiro atoms. The molecule has 0 fully saturated rings. The van der Waals surface area contributed by atoms with Crippen LogP contribution in [0.3, 0.4) is 0 Å². The number of para-hydroxylation sites is 2. The predicted molar refractivity (Wildman–Crippen MR) is 213 cm³/mol. The van der Waals surface area contributed by atoms with E-state index in [1.807, 2.05) is 0 Å². The van der Waals surface area contributed by atoms with Crippen LogP contribution in [0.2, 0.25) is 0 Å². The van der Waals surface area contributed by atoms with Gasteiger partial charge in [0.25, 0.3) is 6.71 Å². The van der Waals surface area contributed by atoms with Crippen molar-refractivity contribution in [3.05, 3.63) is 131 Å². The fourth-order valence-electron chi connectivity index (χ4n) is 9.05. The highest BCUT2D eigenvalue weighted by Crippen LogP contribution is 2.55. The van der Waals surface area contributed by atoms with Crippen LogP contribution in [0.4, 0.5) is 0 Å². The minimum Gasteiger partial charge on any atom is -0.458 e. The first kappa shape index (κ1) is 30.6. The molecule has 0 N–H and O–H groups in total. The molecule has 1 aliphatic carbocycles. The fraction of sp³-hybridized carbons (Fsp3) is 0.234. The summed E-state index contributed by atoms with van der Waals surface area (Å²) in [5.41, 5.74) is 14.4. The van der Waals surface area contributed by atoms with Crippen molar-refractivity contribution in [3.63, 3.8) is 0 Å². The van der Waals surface area contributed by atoms with Gasteiger partial charge in [0, 0.05) is 27.2 Å². The lowest BCUT2D eigenvalue weighted by Gasteiger charge is -2.37. The van der Waals surface area contributed by atoms with Crippen molar-refractivity contribution in [1.82, 2.24) is 4.57 Å². The fourth-order valence-corrected chi connectivity index (χ4v) is 9.05. The molecule has 7 aromatic rings. The van der Waals surface area contributed by atoms with Gasteiger partial charge in [-0.15, -0.1) is 0 Å². The van der Waals surface area contributed by atoms with Crippen LogP contribution < -0.4 is 25.9 Å². The van der Waals surface area contributed by atoms with Gasteiger partial charge < -0.3 is 14.0 Å². The van der Waals surface area contributed by atoms with Gasteiger partial charge >= 0.3 is 0 Å². The third-order valence-corrected chi connectivity index (χ3v) is 11.8. The molecule has 51 heavy (non-hydrogen) atoms. The molecule has 1 aromatic heterocycles. The van der Waals surface area contributed by atoms with E-state index in [0.29, 0.717) is 0 Å². The Labute approximate surface area is 300 Å². The number of rotatable bonds is 1. The largest absolute Gasteiger partial charge is 0.458 e. The van der Waals surface area contributed by atoms with E-state index in [2.05, 4.69) is 169 Å². The first-order valence-corrected chi connectivity index (χ1v) is 18.3. The molecule has 3 aliphatic rings. The van der Waals surface area contributed by atoms with E-state index in [1.165, 1.54) is 66.1 Å². The molecule has 4 heteroatoms. The normalized spacial score (nSPS) is 15.1. The van der Waals surface area contributed by atoms with E-state index < -0.39 is 0 Å². The van der Waals surface area contributed by atoms with Gasteiger partial charge in [0.1, 0.15) is 23.0 Å². The van der Waals surface area contributed by atoms with Crippen LogP contribution in [0.1, 0.15) is 77.6 Å². The number of ether oxygens (including phenoxy) is 2. The van der Waals surface area contributed by atoms with Crippen LogP contribution >= 0.6 is 0 Å². The minimum absolute atomic E-state index is 0.0159.